The number of ether oxygens (including phenoxy) is 3. The van der Waals surface area contributed by atoms with Gasteiger partial charge < -0.3 is 30.2 Å². The summed E-state index contributed by atoms with van der Waals surface area (Å²) in [7, 11) is 0. The SMILES string of the molecule is CCOC(=O)C(NC(=O)C[C@H](NC(=O)OC(C)(C)C)C(=O)N[C@H](C(=O)OCC)C(C)C)C(C)C. The highest BCUT2D eigenvalue weighted by Crippen LogP contribution is 2.10. The molecule has 0 aliphatic heterocycles. The van der Waals surface area contributed by atoms with Crippen molar-refractivity contribution in [3.8, 4) is 0 Å². The summed E-state index contributed by atoms with van der Waals surface area (Å²) in [6, 6.07) is -3.29. The summed E-state index contributed by atoms with van der Waals surface area (Å²) in [5.74, 6) is -3.26. The molecule has 11 heteroatoms. The van der Waals surface area contributed by atoms with Crippen LogP contribution in [0.2, 0.25) is 0 Å². The van der Waals surface area contributed by atoms with E-state index in [9.17, 15) is 24.0 Å². The van der Waals surface area contributed by atoms with Crippen molar-refractivity contribution in [1.82, 2.24) is 16.0 Å². The van der Waals surface area contributed by atoms with Gasteiger partial charge in [-0.05, 0) is 46.5 Å². The summed E-state index contributed by atoms with van der Waals surface area (Å²) >= 11 is 0. The van der Waals surface area contributed by atoms with Gasteiger partial charge >= 0.3 is 18.0 Å². The van der Waals surface area contributed by atoms with Crippen LogP contribution in [0.3, 0.4) is 0 Å². The second kappa shape index (κ2) is 14.4. The molecule has 0 radical (unpaired) electrons. The van der Waals surface area contributed by atoms with Crippen LogP contribution in [0, 0.1) is 11.8 Å². The predicted octanol–water partition coefficient (Wildman–Crippen LogP) is 1.68. The first-order chi connectivity index (χ1) is 15.6. The van der Waals surface area contributed by atoms with Gasteiger partial charge in [0.1, 0.15) is 23.7 Å². The average molecular weight is 488 g/mol. The second-order valence-corrected chi connectivity index (χ2v) is 9.43. The lowest BCUT2D eigenvalue weighted by molar-refractivity contribution is -0.150. The van der Waals surface area contributed by atoms with Crippen molar-refractivity contribution in [2.45, 2.75) is 92.5 Å². The molecule has 3 N–H and O–H groups in total. The van der Waals surface area contributed by atoms with Crippen molar-refractivity contribution in [3.63, 3.8) is 0 Å². The van der Waals surface area contributed by atoms with Crippen molar-refractivity contribution in [3.05, 3.63) is 0 Å². The standard InChI is InChI=1S/C23H41N3O8/c1-10-32-20(29)17(13(3)4)25-16(27)12-15(24-22(31)34-23(7,8)9)19(28)26-18(14(5)6)21(30)33-11-2/h13-15,17-18H,10-12H2,1-9H3,(H,24,31)(H,25,27)(H,26,28)/t15-,17?,18-/m0/s1. The molecule has 0 aliphatic rings. The van der Waals surface area contributed by atoms with Crippen molar-refractivity contribution in [1.29, 1.82) is 0 Å². The van der Waals surface area contributed by atoms with E-state index >= 15 is 0 Å². The molecule has 34 heavy (non-hydrogen) atoms. The van der Waals surface area contributed by atoms with Gasteiger partial charge in [-0.15, -0.1) is 0 Å². The Hall–Kier alpha value is -2.85. The number of rotatable bonds is 12. The van der Waals surface area contributed by atoms with Crippen LogP contribution >= 0.6 is 0 Å². The first-order valence-electron chi connectivity index (χ1n) is 11.5. The number of hydrogen-bond acceptors (Lipinski definition) is 8. The van der Waals surface area contributed by atoms with Gasteiger partial charge in [-0.2, -0.15) is 0 Å². The van der Waals surface area contributed by atoms with Crippen LogP contribution in [0.1, 0.15) is 68.7 Å². The Morgan fingerprint density at radius 3 is 1.56 bits per heavy atom. The number of carbonyl (C=O) groups is 5. The molecule has 0 bridgehead atoms. The van der Waals surface area contributed by atoms with Gasteiger partial charge in [0.2, 0.25) is 11.8 Å². The molecule has 0 saturated heterocycles. The van der Waals surface area contributed by atoms with Crippen LogP contribution in [0.5, 0.6) is 0 Å². The van der Waals surface area contributed by atoms with Gasteiger partial charge in [-0.1, -0.05) is 27.7 Å². The minimum atomic E-state index is -1.37. The molecule has 0 aromatic carbocycles. The molecular weight excluding hydrogens is 446 g/mol. The number of hydrogen-bond donors (Lipinski definition) is 3. The van der Waals surface area contributed by atoms with Gasteiger partial charge in [-0.25, -0.2) is 14.4 Å². The smallest absolute Gasteiger partial charge is 0.408 e. The molecule has 1 unspecified atom stereocenters. The van der Waals surface area contributed by atoms with Crippen LogP contribution in [0.15, 0.2) is 0 Å². The lowest BCUT2D eigenvalue weighted by Crippen LogP contribution is -2.56. The summed E-state index contributed by atoms with van der Waals surface area (Å²) in [6.07, 6.45) is -1.41. The lowest BCUT2D eigenvalue weighted by atomic mass is 10.0. The minimum Gasteiger partial charge on any atom is -0.464 e. The largest absolute Gasteiger partial charge is 0.464 e. The first kappa shape index (κ1) is 31.1. The highest BCUT2D eigenvalue weighted by molar-refractivity contribution is 5.94. The van der Waals surface area contributed by atoms with Crippen LogP contribution in [0.25, 0.3) is 0 Å². The van der Waals surface area contributed by atoms with E-state index in [4.69, 9.17) is 14.2 Å². The van der Waals surface area contributed by atoms with E-state index < -0.39 is 60.0 Å². The van der Waals surface area contributed by atoms with Gasteiger partial charge in [0.15, 0.2) is 0 Å². The first-order valence-corrected chi connectivity index (χ1v) is 11.5. The highest BCUT2D eigenvalue weighted by atomic mass is 16.6. The molecule has 0 aliphatic carbocycles. The molecule has 3 atom stereocenters. The Morgan fingerprint density at radius 1 is 0.735 bits per heavy atom. The summed E-state index contributed by atoms with van der Waals surface area (Å²) in [5.41, 5.74) is -0.842. The number of esters is 2. The Morgan fingerprint density at radius 2 is 1.18 bits per heavy atom. The highest BCUT2D eigenvalue weighted by Gasteiger charge is 2.33. The van der Waals surface area contributed by atoms with Crippen LogP contribution in [-0.2, 0) is 33.4 Å². The zero-order valence-electron chi connectivity index (χ0n) is 21.8. The van der Waals surface area contributed by atoms with Gasteiger partial charge in [0.05, 0.1) is 19.6 Å². The van der Waals surface area contributed by atoms with Crippen LogP contribution < -0.4 is 16.0 Å². The topological polar surface area (TPSA) is 149 Å². The molecule has 0 rings (SSSR count). The molecule has 0 fully saturated rings. The van der Waals surface area contributed by atoms with Crippen molar-refractivity contribution in [2.75, 3.05) is 13.2 Å². The maximum atomic E-state index is 13.0. The fraction of sp³-hybridized carbons (Fsp3) is 0.783. The third kappa shape index (κ3) is 11.9. The van der Waals surface area contributed by atoms with Gasteiger partial charge in [0, 0.05) is 0 Å². The maximum absolute atomic E-state index is 13.0. The van der Waals surface area contributed by atoms with Crippen LogP contribution in [0.4, 0.5) is 4.79 Å². The lowest BCUT2D eigenvalue weighted by Gasteiger charge is -2.26. The number of alkyl carbamates (subject to hydrolysis) is 1. The normalized spacial score (nSPS) is 14.0. The summed E-state index contributed by atoms with van der Waals surface area (Å²) < 4.78 is 15.2. The van der Waals surface area contributed by atoms with Crippen molar-refractivity contribution in [2.24, 2.45) is 11.8 Å². The van der Waals surface area contributed by atoms with E-state index in [-0.39, 0.29) is 25.0 Å². The molecule has 0 spiro atoms. The Kier molecular flexibility index (Phi) is 13.2. The van der Waals surface area contributed by atoms with Crippen molar-refractivity contribution < 1.29 is 38.2 Å². The van der Waals surface area contributed by atoms with Crippen LogP contribution in [-0.4, -0.2) is 66.8 Å². The minimum absolute atomic E-state index is 0.129. The van der Waals surface area contributed by atoms with Crippen molar-refractivity contribution >= 4 is 29.8 Å². The molecule has 196 valence electrons. The predicted molar refractivity (Wildman–Crippen MR) is 125 cm³/mol. The van der Waals surface area contributed by atoms with E-state index in [2.05, 4.69) is 16.0 Å². The number of carbonyl (C=O) groups excluding carboxylic acids is 5. The van der Waals surface area contributed by atoms with E-state index in [1.165, 1.54) is 0 Å². The number of amides is 3. The molecule has 0 aromatic heterocycles. The monoisotopic (exact) mass is 487 g/mol. The Labute approximate surface area is 202 Å². The summed E-state index contributed by atoms with van der Waals surface area (Å²) in [4.78, 5) is 62.5. The van der Waals surface area contributed by atoms with E-state index in [0.717, 1.165) is 0 Å². The average Bonchev–Trinajstić information content (AvgIpc) is 2.67. The molecule has 0 heterocycles. The summed E-state index contributed by atoms with van der Waals surface area (Å²) in [5, 5.41) is 7.46. The third-order valence-corrected chi connectivity index (χ3v) is 4.43. The fourth-order valence-electron chi connectivity index (χ4n) is 2.79. The van der Waals surface area contributed by atoms with E-state index in [1.54, 1.807) is 62.3 Å². The molecule has 0 saturated carbocycles. The van der Waals surface area contributed by atoms with Gasteiger partial charge in [-0.3, -0.25) is 9.59 Å². The molecule has 0 aromatic rings. The zero-order valence-corrected chi connectivity index (χ0v) is 21.8. The van der Waals surface area contributed by atoms with E-state index in [1.807, 2.05) is 0 Å². The van der Waals surface area contributed by atoms with E-state index in [0.29, 0.717) is 0 Å². The molecule has 3 amide bonds. The maximum Gasteiger partial charge on any atom is 0.408 e. The van der Waals surface area contributed by atoms with Gasteiger partial charge in [0.25, 0.3) is 0 Å². The fourth-order valence-corrected chi connectivity index (χ4v) is 2.79. The molecule has 11 nitrogen and oxygen atoms in total. The quantitative estimate of drug-likeness (QED) is 0.278. The molecular formula is C23H41N3O8. The Balaban J connectivity index is 5.66. The second-order valence-electron chi connectivity index (χ2n) is 9.43. The zero-order chi connectivity index (χ0) is 26.6. The third-order valence-electron chi connectivity index (χ3n) is 4.43. The Bertz CT molecular complexity index is 715. The summed E-state index contributed by atoms with van der Waals surface area (Å²) in [6.45, 7) is 15.4. The number of nitrogens with one attached hydrogen (secondary N) is 3.